The summed E-state index contributed by atoms with van der Waals surface area (Å²) in [5, 5.41) is 7.84. The maximum Gasteiger partial charge on any atom is 0.102 e. The highest BCUT2D eigenvalue weighted by Crippen LogP contribution is 1.56. The molecule has 0 saturated heterocycles. The molecule has 0 spiro atoms. The molecule has 0 aliphatic carbocycles. The smallest absolute Gasteiger partial charge is 0.102 e. The lowest BCUT2D eigenvalue weighted by Gasteiger charge is -1.81. The van der Waals surface area contributed by atoms with E-state index in [9.17, 15) is 0 Å². The van der Waals surface area contributed by atoms with Crippen molar-refractivity contribution in [1.29, 1.82) is 0 Å². The van der Waals surface area contributed by atoms with Crippen molar-refractivity contribution in [2.45, 2.75) is 0 Å². The van der Waals surface area contributed by atoms with Crippen molar-refractivity contribution in [1.82, 2.24) is 5.48 Å². The maximum absolute atomic E-state index is 7.84. The maximum atomic E-state index is 7.84. The summed E-state index contributed by atoms with van der Waals surface area (Å²) in [6.45, 7) is 0.413. The van der Waals surface area contributed by atoms with E-state index < -0.39 is 0 Å². The van der Waals surface area contributed by atoms with Gasteiger partial charge in [0.25, 0.3) is 0 Å². The molecule has 0 heterocycles. The summed E-state index contributed by atoms with van der Waals surface area (Å²) in [7, 11) is 4.88. The third kappa shape index (κ3) is 3.72. The molecule has 32 valence electrons. The van der Waals surface area contributed by atoms with E-state index >= 15 is 0 Å². The van der Waals surface area contributed by atoms with Crippen LogP contribution in [0.1, 0.15) is 0 Å². The van der Waals surface area contributed by atoms with Crippen molar-refractivity contribution >= 4 is 7.85 Å². The highest BCUT2D eigenvalue weighted by Gasteiger charge is 1.62. The van der Waals surface area contributed by atoms with Crippen LogP contribution >= 0.6 is 0 Å². The van der Waals surface area contributed by atoms with Crippen molar-refractivity contribution in [3.05, 3.63) is 12.1 Å². The molecule has 0 atom stereocenters. The first-order valence-electron chi connectivity index (χ1n) is 1.65. The van der Waals surface area contributed by atoms with Crippen molar-refractivity contribution in [3.63, 3.8) is 0 Å². The average molecular weight is 82.9 g/mol. The van der Waals surface area contributed by atoms with Gasteiger partial charge in [-0.05, 0) is 0 Å². The fraction of sp³-hybridized carbons (Fsp3) is 0.333. The van der Waals surface area contributed by atoms with E-state index in [1.54, 1.807) is 6.08 Å². The minimum Gasteiger partial charge on any atom is -0.317 e. The molecule has 0 aromatic heterocycles. The van der Waals surface area contributed by atoms with E-state index in [2.05, 4.69) is 0 Å². The summed E-state index contributed by atoms with van der Waals surface area (Å²) in [5.74, 6) is 1.36. The van der Waals surface area contributed by atoms with Crippen LogP contribution in [0.25, 0.3) is 0 Å². The monoisotopic (exact) mass is 83.1 g/mol. The molecular formula is C3H6BNO. The van der Waals surface area contributed by atoms with Gasteiger partial charge < -0.3 is 5.21 Å². The average Bonchev–Trinajstić information content (AvgIpc) is 1.61. The summed E-state index contributed by atoms with van der Waals surface area (Å²) in [4.78, 5) is 0. The Kier molecular flexibility index (Phi) is 4.51. The van der Waals surface area contributed by atoms with Gasteiger partial charge in [0, 0.05) is 6.54 Å². The Morgan fingerprint density at radius 3 is 2.67 bits per heavy atom. The van der Waals surface area contributed by atoms with Gasteiger partial charge in [0.1, 0.15) is 7.85 Å². The Balaban J connectivity index is 2.66. The van der Waals surface area contributed by atoms with Crippen LogP contribution in [0.5, 0.6) is 0 Å². The summed E-state index contributed by atoms with van der Waals surface area (Å²) < 4.78 is 0. The molecule has 0 aromatic rings. The van der Waals surface area contributed by atoms with Crippen LogP contribution in [0, 0.1) is 0 Å². The predicted molar refractivity (Wildman–Crippen MR) is 24.7 cm³/mol. The fourth-order valence-electron chi connectivity index (χ4n) is 0.121. The topological polar surface area (TPSA) is 32.3 Å². The van der Waals surface area contributed by atoms with E-state index in [1.807, 2.05) is 5.48 Å². The van der Waals surface area contributed by atoms with E-state index in [4.69, 9.17) is 13.1 Å². The third-order valence-corrected chi connectivity index (χ3v) is 0.345. The molecule has 2 nitrogen and oxygen atoms in total. The molecule has 3 heteroatoms. The van der Waals surface area contributed by atoms with E-state index in [0.717, 1.165) is 0 Å². The van der Waals surface area contributed by atoms with Crippen molar-refractivity contribution < 1.29 is 5.21 Å². The van der Waals surface area contributed by atoms with Gasteiger partial charge in [0.05, 0.1) is 0 Å². The van der Waals surface area contributed by atoms with Crippen molar-refractivity contribution in [3.8, 4) is 0 Å². The molecule has 0 aromatic carbocycles. The summed E-state index contributed by atoms with van der Waals surface area (Å²) in [5.41, 5.74) is 1.90. The second kappa shape index (κ2) is 4.72. The van der Waals surface area contributed by atoms with Gasteiger partial charge in [0.2, 0.25) is 0 Å². The van der Waals surface area contributed by atoms with E-state index in [-0.39, 0.29) is 0 Å². The molecule has 0 saturated carbocycles. The zero-order valence-electron chi connectivity index (χ0n) is 3.39. The van der Waals surface area contributed by atoms with Crippen molar-refractivity contribution in [2.75, 3.05) is 6.54 Å². The SMILES string of the molecule is [B]/C=C/CNO. The predicted octanol–water partition coefficient (Wildman–Crippen LogP) is -0.353. The summed E-state index contributed by atoms with van der Waals surface area (Å²) >= 11 is 0. The highest BCUT2D eigenvalue weighted by molar-refractivity contribution is 6.16. The number of hydrogen-bond acceptors (Lipinski definition) is 2. The minimum atomic E-state index is 0.413. The van der Waals surface area contributed by atoms with Crippen LogP contribution in [-0.2, 0) is 0 Å². The van der Waals surface area contributed by atoms with Crippen molar-refractivity contribution in [2.24, 2.45) is 0 Å². The highest BCUT2D eigenvalue weighted by atomic mass is 16.5. The molecule has 0 aliphatic heterocycles. The molecule has 2 N–H and O–H groups in total. The summed E-state index contributed by atoms with van der Waals surface area (Å²) in [6, 6.07) is 0. The molecule has 0 rings (SSSR count). The van der Waals surface area contributed by atoms with Gasteiger partial charge in [-0.2, -0.15) is 0 Å². The molecule has 6 heavy (non-hydrogen) atoms. The van der Waals surface area contributed by atoms with Crippen LogP contribution in [0.2, 0.25) is 0 Å². The zero-order valence-corrected chi connectivity index (χ0v) is 3.39. The van der Waals surface area contributed by atoms with E-state index in [0.29, 0.717) is 6.54 Å². The Bertz CT molecular complexity index is 46.1. The lowest BCUT2D eigenvalue weighted by Crippen LogP contribution is -2.04. The number of rotatable bonds is 2. The van der Waals surface area contributed by atoms with Crippen LogP contribution < -0.4 is 5.48 Å². The van der Waals surface area contributed by atoms with Gasteiger partial charge in [0.15, 0.2) is 0 Å². The lowest BCUT2D eigenvalue weighted by atomic mass is 10.1. The first-order chi connectivity index (χ1) is 2.91. The largest absolute Gasteiger partial charge is 0.317 e. The molecule has 0 unspecified atom stereocenters. The second-order valence-corrected chi connectivity index (χ2v) is 0.790. The molecule has 0 fully saturated rings. The van der Waals surface area contributed by atoms with E-state index in [1.165, 1.54) is 5.98 Å². The van der Waals surface area contributed by atoms with Crippen LogP contribution in [-0.4, -0.2) is 19.6 Å². The van der Waals surface area contributed by atoms with Gasteiger partial charge in [-0.3, -0.25) is 0 Å². The van der Waals surface area contributed by atoms with Crippen LogP contribution in [0.4, 0.5) is 0 Å². The Morgan fingerprint density at radius 2 is 2.50 bits per heavy atom. The number of hydrogen-bond donors (Lipinski definition) is 2. The Labute approximate surface area is 38.2 Å². The molecule has 0 bridgehead atoms. The molecule has 0 aliphatic rings. The quantitative estimate of drug-likeness (QED) is 0.353. The van der Waals surface area contributed by atoms with Gasteiger partial charge >= 0.3 is 0 Å². The Hall–Kier alpha value is -0.275. The van der Waals surface area contributed by atoms with Crippen LogP contribution in [0.15, 0.2) is 12.1 Å². The minimum absolute atomic E-state index is 0.413. The van der Waals surface area contributed by atoms with Gasteiger partial charge in [-0.15, -0.1) is 5.98 Å². The normalized spacial score (nSPS) is 10.2. The van der Waals surface area contributed by atoms with Crippen LogP contribution in [0.3, 0.4) is 0 Å². The lowest BCUT2D eigenvalue weighted by molar-refractivity contribution is 0.179. The second-order valence-electron chi connectivity index (χ2n) is 0.790. The Morgan fingerprint density at radius 1 is 1.83 bits per heavy atom. The molecule has 0 amide bonds. The summed E-state index contributed by atoms with van der Waals surface area (Å²) in [6.07, 6.45) is 1.60. The number of nitrogens with one attached hydrogen (secondary N) is 1. The number of hydroxylamine groups is 1. The standard InChI is InChI=1S/C3H6BNO/c4-2-1-3-5-6/h1-2,5-6H,3H2/b2-1+. The zero-order chi connectivity index (χ0) is 4.83. The molecular weight excluding hydrogens is 76.9 g/mol. The third-order valence-electron chi connectivity index (χ3n) is 0.345. The van der Waals surface area contributed by atoms with Gasteiger partial charge in [-0.25, -0.2) is 5.48 Å². The molecule has 2 radical (unpaired) electrons. The van der Waals surface area contributed by atoms with Gasteiger partial charge in [-0.1, -0.05) is 6.08 Å². The first-order valence-corrected chi connectivity index (χ1v) is 1.65. The first kappa shape index (κ1) is 5.72. The fourth-order valence-corrected chi connectivity index (χ4v) is 0.121.